The lowest BCUT2D eigenvalue weighted by Crippen LogP contribution is -2.29. The van der Waals surface area contributed by atoms with E-state index in [0.29, 0.717) is 17.3 Å². The van der Waals surface area contributed by atoms with E-state index < -0.39 is 0 Å². The molecule has 2 aromatic heterocycles. The Morgan fingerprint density at radius 3 is 2.63 bits per heavy atom. The smallest absolute Gasteiger partial charge is 0.308 e. The minimum atomic E-state index is -0.373. The van der Waals surface area contributed by atoms with Gasteiger partial charge in [-0.05, 0) is 36.1 Å². The number of hydrogen-bond donors (Lipinski definition) is 0. The van der Waals surface area contributed by atoms with E-state index in [4.69, 9.17) is 4.74 Å². The summed E-state index contributed by atoms with van der Waals surface area (Å²) < 4.78 is 7.56. The summed E-state index contributed by atoms with van der Waals surface area (Å²) in [4.78, 5) is 29.7. The molecule has 2 aromatic carbocycles. The average molecular weight is 423 g/mol. The quantitative estimate of drug-likeness (QED) is 0.419. The Balaban J connectivity index is 1.42. The summed E-state index contributed by atoms with van der Waals surface area (Å²) >= 11 is 1.65. The summed E-state index contributed by atoms with van der Waals surface area (Å²) in [5.74, 6) is -0.373. The number of para-hydroxylation sites is 1. The number of hydrogen-bond acceptors (Lipinski definition) is 7. The SMILES string of the molecule is CCC(C)(CC(=O)OCn1nnc2ccccc2c1=O)Cc1nc2ccccc2s1. The van der Waals surface area contributed by atoms with Gasteiger partial charge in [-0.3, -0.25) is 9.59 Å². The Morgan fingerprint density at radius 1 is 1.13 bits per heavy atom. The highest BCUT2D eigenvalue weighted by Gasteiger charge is 2.28. The zero-order valence-corrected chi connectivity index (χ0v) is 17.7. The topological polar surface area (TPSA) is 87.0 Å². The molecule has 0 saturated heterocycles. The average Bonchev–Trinajstić information content (AvgIpc) is 3.15. The van der Waals surface area contributed by atoms with Crippen LogP contribution in [0.15, 0.2) is 53.3 Å². The van der Waals surface area contributed by atoms with Gasteiger partial charge in [0.1, 0.15) is 5.52 Å². The van der Waals surface area contributed by atoms with E-state index in [1.54, 1.807) is 35.6 Å². The van der Waals surface area contributed by atoms with Gasteiger partial charge in [0.2, 0.25) is 0 Å². The number of esters is 1. The largest absolute Gasteiger partial charge is 0.442 e. The van der Waals surface area contributed by atoms with E-state index in [1.807, 2.05) is 18.2 Å². The molecule has 0 N–H and O–H groups in total. The standard InChI is InChI=1S/C22H22N4O3S/c1-3-22(2,12-19-23-17-10-6-7-11-18(17)30-19)13-20(27)29-14-26-21(28)15-8-4-5-9-16(15)24-25-26/h4-11H,3,12-14H2,1-2H3. The maximum Gasteiger partial charge on any atom is 0.308 e. The molecular weight excluding hydrogens is 400 g/mol. The predicted molar refractivity (Wildman–Crippen MR) is 116 cm³/mol. The lowest BCUT2D eigenvalue weighted by atomic mass is 9.81. The van der Waals surface area contributed by atoms with E-state index in [-0.39, 0.29) is 30.1 Å². The van der Waals surface area contributed by atoms with Crippen LogP contribution in [-0.4, -0.2) is 25.9 Å². The monoisotopic (exact) mass is 422 g/mol. The summed E-state index contributed by atoms with van der Waals surface area (Å²) in [6.45, 7) is 3.86. The number of thiazole rings is 1. The van der Waals surface area contributed by atoms with Crippen LogP contribution in [0.3, 0.4) is 0 Å². The van der Waals surface area contributed by atoms with Crippen LogP contribution in [0.4, 0.5) is 0 Å². The second kappa shape index (κ2) is 8.31. The first kappa shape index (κ1) is 20.2. The fraction of sp³-hybridized carbons (Fsp3) is 0.318. The zero-order valence-electron chi connectivity index (χ0n) is 16.9. The number of carbonyl (C=O) groups excluding carboxylic acids is 1. The molecule has 0 spiro atoms. The molecule has 0 bridgehead atoms. The molecule has 0 aliphatic heterocycles. The Labute approximate surface area is 177 Å². The number of carbonyl (C=O) groups is 1. The van der Waals surface area contributed by atoms with E-state index in [0.717, 1.165) is 26.3 Å². The van der Waals surface area contributed by atoms with Crippen LogP contribution in [0.25, 0.3) is 21.1 Å². The molecule has 0 aliphatic carbocycles. The third-order valence-corrected chi connectivity index (χ3v) is 6.35. The minimum Gasteiger partial charge on any atom is -0.442 e. The lowest BCUT2D eigenvalue weighted by Gasteiger charge is -2.26. The van der Waals surface area contributed by atoms with Gasteiger partial charge in [0.05, 0.1) is 27.0 Å². The zero-order chi connectivity index (χ0) is 21.1. The van der Waals surface area contributed by atoms with Gasteiger partial charge < -0.3 is 4.74 Å². The van der Waals surface area contributed by atoms with E-state index in [9.17, 15) is 9.59 Å². The molecule has 0 fully saturated rings. The second-order valence-electron chi connectivity index (χ2n) is 7.65. The summed E-state index contributed by atoms with van der Waals surface area (Å²) in [5, 5.41) is 9.30. The van der Waals surface area contributed by atoms with Gasteiger partial charge in [0.25, 0.3) is 5.56 Å². The first-order valence-corrected chi connectivity index (χ1v) is 10.6. The van der Waals surface area contributed by atoms with Crippen molar-refractivity contribution in [3.63, 3.8) is 0 Å². The number of nitrogens with zero attached hydrogens (tertiary/aromatic N) is 4. The van der Waals surface area contributed by atoms with Gasteiger partial charge in [-0.2, -0.15) is 4.68 Å². The fourth-order valence-electron chi connectivity index (χ4n) is 3.31. The third-order valence-electron chi connectivity index (χ3n) is 5.32. The second-order valence-corrected chi connectivity index (χ2v) is 8.77. The third kappa shape index (κ3) is 4.23. The van der Waals surface area contributed by atoms with Crippen molar-refractivity contribution in [3.05, 3.63) is 63.9 Å². The van der Waals surface area contributed by atoms with Crippen LogP contribution >= 0.6 is 11.3 Å². The lowest BCUT2D eigenvalue weighted by molar-refractivity contribution is -0.150. The number of fused-ring (bicyclic) bond motifs is 2. The molecule has 2 heterocycles. The molecule has 154 valence electrons. The highest BCUT2D eigenvalue weighted by Crippen LogP contribution is 2.34. The summed E-state index contributed by atoms with van der Waals surface area (Å²) in [6.07, 6.45) is 1.72. The first-order chi connectivity index (χ1) is 14.5. The summed E-state index contributed by atoms with van der Waals surface area (Å²) in [7, 11) is 0. The van der Waals surface area contributed by atoms with Crippen molar-refractivity contribution < 1.29 is 9.53 Å². The normalized spacial score (nSPS) is 13.4. The van der Waals surface area contributed by atoms with Crippen molar-refractivity contribution in [1.29, 1.82) is 0 Å². The summed E-state index contributed by atoms with van der Waals surface area (Å²) in [5.41, 5.74) is 0.874. The molecule has 4 aromatic rings. The number of benzene rings is 2. The van der Waals surface area contributed by atoms with Crippen molar-refractivity contribution in [2.24, 2.45) is 5.41 Å². The number of rotatable bonds is 7. The maximum absolute atomic E-state index is 12.5. The van der Waals surface area contributed by atoms with Crippen LogP contribution in [0.2, 0.25) is 0 Å². The Morgan fingerprint density at radius 2 is 1.87 bits per heavy atom. The van der Waals surface area contributed by atoms with Crippen molar-refractivity contribution >= 4 is 38.4 Å². The molecule has 1 unspecified atom stereocenters. The Kier molecular flexibility index (Phi) is 5.59. The minimum absolute atomic E-state index is 0.231. The molecule has 0 saturated carbocycles. The first-order valence-electron chi connectivity index (χ1n) is 9.80. The predicted octanol–water partition coefficient (Wildman–Crippen LogP) is 3.95. The van der Waals surface area contributed by atoms with Gasteiger partial charge in [0.15, 0.2) is 6.73 Å². The molecule has 7 nitrogen and oxygen atoms in total. The van der Waals surface area contributed by atoms with E-state index in [1.165, 1.54) is 0 Å². The molecule has 1 atom stereocenters. The van der Waals surface area contributed by atoms with Crippen LogP contribution < -0.4 is 5.56 Å². The van der Waals surface area contributed by atoms with Crippen molar-refractivity contribution in [3.8, 4) is 0 Å². The number of aromatic nitrogens is 4. The highest BCUT2D eigenvalue weighted by molar-refractivity contribution is 7.18. The Hall–Kier alpha value is -3.13. The van der Waals surface area contributed by atoms with E-state index >= 15 is 0 Å². The summed E-state index contributed by atoms with van der Waals surface area (Å²) in [6, 6.07) is 15.0. The van der Waals surface area contributed by atoms with Crippen LogP contribution in [0.1, 0.15) is 31.7 Å². The van der Waals surface area contributed by atoms with Gasteiger partial charge in [0, 0.05) is 6.42 Å². The molecular formula is C22H22N4O3S. The van der Waals surface area contributed by atoms with Gasteiger partial charge in [-0.15, -0.1) is 16.4 Å². The fourth-order valence-corrected chi connectivity index (χ4v) is 4.50. The molecule has 0 amide bonds. The van der Waals surface area contributed by atoms with Crippen molar-refractivity contribution in [1.82, 2.24) is 20.0 Å². The van der Waals surface area contributed by atoms with Crippen LogP contribution in [-0.2, 0) is 22.7 Å². The maximum atomic E-state index is 12.5. The molecule has 30 heavy (non-hydrogen) atoms. The molecule has 4 rings (SSSR count). The van der Waals surface area contributed by atoms with Gasteiger partial charge in [-0.25, -0.2) is 4.98 Å². The Bertz CT molecular complexity index is 1230. The molecule has 0 aliphatic rings. The molecule has 8 heteroatoms. The van der Waals surface area contributed by atoms with Crippen molar-refractivity contribution in [2.45, 2.75) is 39.8 Å². The highest BCUT2D eigenvalue weighted by atomic mass is 32.1. The number of ether oxygens (including phenoxy) is 1. The van der Waals surface area contributed by atoms with Gasteiger partial charge >= 0.3 is 5.97 Å². The van der Waals surface area contributed by atoms with E-state index in [2.05, 4.69) is 35.2 Å². The molecule has 0 radical (unpaired) electrons. The van der Waals surface area contributed by atoms with Crippen LogP contribution in [0, 0.1) is 5.41 Å². The van der Waals surface area contributed by atoms with Gasteiger partial charge in [-0.1, -0.05) is 43.3 Å². The van der Waals surface area contributed by atoms with Crippen LogP contribution in [0.5, 0.6) is 0 Å². The van der Waals surface area contributed by atoms with Crippen molar-refractivity contribution in [2.75, 3.05) is 0 Å².